The molecule has 1 fully saturated rings. The molecule has 0 radical (unpaired) electrons. The molecule has 1 unspecified atom stereocenters. The summed E-state index contributed by atoms with van der Waals surface area (Å²) in [6, 6.07) is 6.30. The van der Waals surface area contributed by atoms with Gasteiger partial charge in [0.15, 0.2) is 0 Å². The van der Waals surface area contributed by atoms with E-state index in [0.29, 0.717) is 5.92 Å². The van der Waals surface area contributed by atoms with E-state index >= 15 is 0 Å². The average molecular weight is 348 g/mol. The molecular formula is C17H18BrNO2. The fourth-order valence-corrected chi connectivity index (χ4v) is 3.63. The van der Waals surface area contributed by atoms with Crippen molar-refractivity contribution in [2.45, 2.75) is 31.9 Å². The molecule has 2 aliphatic rings. The SMILES string of the molecule is OC(c1ccn(Cc2cc(Br)cc3c2OCC3)c1)C1CC1. The van der Waals surface area contributed by atoms with Gasteiger partial charge in [0.05, 0.1) is 19.3 Å². The van der Waals surface area contributed by atoms with Crippen molar-refractivity contribution in [1.82, 2.24) is 4.57 Å². The van der Waals surface area contributed by atoms with Crippen molar-refractivity contribution < 1.29 is 9.84 Å². The number of benzene rings is 1. The zero-order valence-electron chi connectivity index (χ0n) is 11.8. The Labute approximate surface area is 132 Å². The van der Waals surface area contributed by atoms with Crippen molar-refractivity contribution in [3.63, 3.8) is 0 Å². The molecule has 2 heterocycles. The lowest BCUT2D eigenvalue weighted by molar-refractivity contribution is 0.154. The maximum Gasteiger partial charge on any atom is 0.127 e. The van der Waals surface area contributed by atoms with E-state index in [2.05, 4.69) is 38.8 Å². The molecule has 3 nitrogen and oxygen atoms in total. The van der Waals surface area contributed by atoms with E-state index in [0.717, 1.165) is 48.2 Å². The molecule has 4 heteroatoms. The highest BCUT2D eigenvalue weighted by molar-refractivity contribution is 9.10. The average Bonchev–Trinajstić information content (AvgIpc) is 3.02. The van der Waals surface area contributed by atoms with E-state index in [1.54, 1.807) is 0 Å². The minimum absolute atomic E-state index is 0.296. The molecule has 0 spiro atoms. The molecule has 0 bridgehead atoms. The summed E-state index contributed by atoms with van der Waals surface area (Å²) in [7, 11) is 0. The Hall–Kier alpha value is -1.26. The van der Waals surface area contributed by atoms with E-state index in [4.69, 9.17) is 4.74 Å². The molecule has 1 aromatic heterocycles. The van der Waals surface area contributed by atoms with Gasteiger partial charge < -0.3 is 14.4 Å². The maximum atomic E-state index is 10.2. The summed E-state index contributed by atoms with van der Waals surface area (Å²) in [5, 5.41) is 10.2. The van der Waals surface area contributed by atoms with Gasteiger partial charge in [0.1, 0.15) is 5.75 Å². The molecule has 1 aliphatic carbocycles. The van der Waals surface area contributed by atoms with Gasteiger partial charge in [-0.05, 0) is 48.1 Å². The summed E-state index contributed by atoms with van der Waals surface area (Å²) in [4.78, 5) is 0. The number of aromatic nitrogens is 1. The zero-order chi connectivity index (χ0) is 14.4. The molecule has 21 heavy (non-hydrogen) atoms. The number of aliphatic hydroxyl groups excluding tert-OH is 1. The summed E-state index contributed by atoms with van der Waals surface area (Å²) >= 11 is 3.58. The Morgan fingerprint density at radius 1 is 1.38 bits per heavy atom. The molecule has 1 atom stereocenters. The highest BCUT2D eigenvalue weighted by Gasteiger charge is 2.31. The Balaban J connectivity index is 1.59. The number of nitrogens with zero attached hydrogens (tertiary/aromatic N) is 1. The van der Waals surface area contributed by atoms with Crippen LogP contribution in [0.5, 0.6) is 5.75 Å². The zero-order valence-corrected chi connectivity index (χ0v) is 13.3. The van der Waals surface area contributed by atoms with E-state index in [9.17, 15) is 5.11 Å². The van der Waals surface area contributed by atoms with Gasteiger partial charge in [-0.15, -0.1) is 0 Å². The minimum atomic E-state index is -0.296. The quantitative estimate of drug-likeness (QED) is 0.915. The fourth-order valence-electron chi connectivity index (χ4n) is 3.08. The first-order valence-electron chi connectivity index (χ1n) is 7.48. The topological polar surface area (TPSA) is 34.4 Å². The van der Waals surface area contributed by atoms with Crippen LogP contribution in [-0.4, -0.2) is 16.3 Å². The highest BCUT2D eigenvalue weighted by atomic mass is 79.9. The molecule has 1 aromatic carbocycles. The van der Waals surface area contributed by atoms with Gasteiger partial charge in [-0.1, -0.05) is 15.9 Å². The van der Waals surface area contributed by atoms with E-state index in [-0.39, 0.29) is 6.10 Å². The van der Waals surface area contributed by atoms with Gasteiger partial charge in [-0.3, -0.25) is 0 Å². The molecule has 0 saturated heterocycles. The van der Waals surface area contributed by atoms with Gasteiger partial charge in [-0.25, -0.2) is 0 Å². The molecule has 1 aliphatic heterocycles. The van der Waals surface area contributed by atoms with Crippen LogP contribution in [-0.2, 0) is 13.0 Å². The normalized spacial score (nSPS) is 18.4. The standard InChI is InChI=1S/C17H18BrNO2/c18-15-7-12-4-6-21-17(12)14(8-15)10-19-5-3-13(9-19)16(20)11-1-2-11/h3,5,7-9,11,16,20H,1-2,4,6,10H2. The fraction of sp³-hybridized carbons (Fsp3) is 0.412. The first-order valence-corrected chi connectivity index (χ1v) is 8.28. The van der Waals surface area contributed by atoms with Crippen LogP contribution in [0.25, 0.3) is 0 Å². The molecule has 4 rings (SSSR count). The summed E-state index contributed by atoms with van der Waals surface area (Å²) in [6.45, 7) is 1.55. The van der Waals surface area contributed by atoms with Crippen LogP contribution in [0.2, 0.25) is 0 Å². The Kier molecular flexibility index (Phi) is 3.31. The van der Waals surface area contributed by atoms with E-state index in [1.807, 2.05) is 12.3 Å². The van der Waals surface area contributed by atoms with E-state index in [1.165, 1.54) is 11.1 Å². The Bertz CT molecular complexity index is 675. The maximum absolute atomic E-state index is 10.2. The Morgan fingerprint density at radius 3 is 3.05 bits per heavy atom. The number of hydrogen-bond donors (Lipinski definition) is 1. The summed E-state index contributed by atoms with van der Waals surface area (Å²) < 4.78 is 9.01. The lowest BCUT2D eigenvalue weighted by atomic mass is 10.1. The second-order valence-electron chi connectivity index (χ2n) is 6.05. The predicted molar refractivity (Wildman–Crippen MR) is 84.6 cm³/mol. The van der Waals surface area contributed by atoms with Crippen LogP contribution in [0.1, 0.15) is 35.6 Å². The van der Waals surface area contributed by atoms with Crippen LogP contribution < -0.4 is 4.74 Å². The van der Waals surface area contributed by atoms with Crippen LogP contribution in [0, 0.1) is 5.92 Å². The molecule has 110 valence electrons. The molecule has 1 saturated carbocycles. The third-order valence-corrected chi connectivity index (χ3v) is 4.82. The lowest BCUT2D eigenvalue weighted by Gasteiger charge is -2.10. The van der Waals surface area contributed by atoms with Crippen molar-refractivity contribution in [3.8, 4) is 5.75 Å². The van der Waals surface area contributed by atoms with Crippen molar-refractivity contribution in [3.05, 3.63) is 51.8 Å². The molecule has 2 aromatic rings. The van der Waals surface area contributed by atoms with E-state index < -0.39 is 0 Å². The third-order valence-electron chi connectivity index (χ3n) is 4.36. The van der Waals surface area contributed by atoms with Crippen molar-refractivity contribution in [2.24, 2.45) is 5.92 Å². The van der Waals surface area contributed by atoms with Crippen LogP contribution in [0.4, 0.5) is 0 Å². The van der Waals surface area contributed by atoms with Crippen molar-refractivity contribution in [2.75, 3.05) is 6.61 Å². The second-order valence-corrected chi connectivity index (χ2v) is 6.97. The first kappa shape index (κ1) is 13.4. The van der Waals surface area contributed by atoms with Gasteiger partial charge in [0.25, 0.3) is 0 Å². The number of fused-ring (bicyclic) bond motifs is 1. The van der Waals surface area contributed by atoms with Gasteiger partial charge in [0.2, 0.25) is 0 Å². The minimum Gasteiger partial charge on any atom is -0.493 e. The number of hydrogen-bond acceptors (Lipinski definition) is 2. The summed E-state index contributed by atoms with van der Waals surface area (Å²) in [5.41, 5.74) is 3.51. The van der Waals surface area contributed by atoms with Crippen LogP contribution in [0.15, 0.2) is 35.1 Å². The highest BCUT2D eigenvalue weighted by Crippen LogP contribution is 2.41. The summed E-state index contributed by atoms with van der Waals surface area (Å²) in [6.07, 6.45) is 7.10. The lowest BCUT2D eigenvalue weighted by Crippen LogP contribution is -2.01. The second kappa shape index (κ2) is 5.18. The molecule has 1 N–H and O–H groups in total. The van der Waals surface area contributed by atoms with Crippen molar-refractivity contribution >= 4 is 15.9 Å². The predicted octanol–water partition coefficient (Wildman–Crippen LogP) is 3.68. The van der Waals surface area contributed by atoms with Gasteiger partial charge >= 0.3 is 0 Å². The smallest absolute Gasteiger partial charge is 0.127 e. The van der Waals surface area contributed by atoms with Gasteiger partial charge in [0, 0.05) is 28.9 Å². The largest absolute Gasteiger partial charge is 0.493 e. The van der Waals surface area contributed by atoms with Crippen LogP contribution >= 0.6 is 15.9 Å². The van der Waals surface area contributed by atoms with Gasteiger partial charge in [-0.2, -0.15) is 0 Å². The first-order chi connectivity index (χ1) is 10.2. The number of aliphatic hydroxyl groups is 1. The van der Waals surface area contributed by atoms with Crippen LogP contribution in [0.3, 0.4) is 0 Å². The number of ether oxygens (including phenoxy) is 1. The Morgan fingerprint density at radius 2 is 2.24 bits per heavy atom. The molecule has 0 amide bonds. The number of rotatable bonds is 4. The number of halogens is 1. The third kappa shape index (κ3) is 2.62. The molecular weight excluding hydrogens is 330 g/mol. The monoisotopic (exact) mass is 347 g/mol. The van der Waals surface area contributed by atoms with Crippen molar-refractivity contribution in [1.29, 1.82) is 0 Å². The summed E-state index contributed by atoms with van der Waals surface area (Å²) in [5.74, 6) is 1.51.